The lowest BCUT2D eigenvalue weighted by molar-refractivity contribution is 0.100. The molecule has 26 heavy (non-hydrogen) atoms. The number of fused-ring (bicyclic) bond motifs is 3. The van der Waals surface area contributed by atoms with Gasteiger partial charge in [-0.1, -0.05) is 82.4 Å². The van der Waals surface area contributed by atoms with Crippen molar-refractivity contribution in [3.05, 3.63) is 52.9 Å². The van der Waals surface area contributed by atoms with Gasteiger partial charge in [0.1, 0.15) is 0 Å². The third-order valence-corrected chi connectivity index (χ3v) is 8.65. The lowest BCUT2D eigenvalue weighted by atomic mass is 9.81. The predicted molar refractivity (Wildman–Crippen MR) is 118 cm³/mol. The molecule has 2 aliphatic heterocycles. The molecule has 2 atom stereocenters. The Kier molecular flexibility index (Phi) is 5.81. The largest absolute Gasteiger partial charge is 0.362 e. The number of allylic oxidation sites excluding steroid dienone is 1. The number of hydrogen-bond donors (Lipinski definition) is 0. The molecule has 3 rings (SSSR count). The zero-order chi connectivity index (χ0) is 18.9. The molecule has 142 valence electrons. The summed E-state index contributed by atoms with van der Waals surface area (Å²) in [6.45, 7) is 14.5. The van der Waals surface area contributed by atoms with Crippen LogP contribution in [0.5, 0.6) is 0 Å². The van der Waals surface area contributed by atoms with E-state index in [0.717, 1.165) is 11.8 Å². The minimum absolute atomic E-state index is 0.154. The molecule has 2 unspecified atom stereocenters. The van der Waals surface area contributed by atoms with Crippen LogP contribution < -0.4 is 0 Å². The third-order valence-electron chi connectivity index (χ3n) is 6.69. The summed E-state index contributed by atoms with van der Waals surface area (Å²) >= 11 is 0. The highest BCUT2D eigenvalue weighted by atomic mass is 28.3. The van der Waals surface area contributed by atoms with E-state index in [2.05, 4.69) is 88.3 Å². The average molecular weight is 368 g/mol. The highest BCUT2D eigenvalue weighted by Crippen LogP contribution is 2.48. The Labute approximate surface area is 162 Å². The molecule has 0 N–H and O–H groups in total. The summed E-state index contributed by atoms with van der Waals surface area (Å²) in [4.78, 5) is 2.77. The van der Waals surface area contributed by atoms with E-state index in [0.29, 0.717) is 6.04 Å². The highest BCUT2D eigenvalue weighted by molar-refractivity contribution is 6.64. The van der Waals surface area contributed by atoms with E-state index in [9.17, 15) is 0 Å². The zero-order valence-electron chi connectivity index (χ0n) is 17.6. The molecular formula is C24H37NSi. The van der Waals surface area contributed by atoms with Gasteiger partial charge >= 0.3 is 0 Å². The Balaban J connectivity index is 2.15. The van der Waals surface area contributed by atoms with E-state index >= 15 is 0 Å². The van der Waals surface area contributed by atoms with Crippen LogP contribution in [0.25, 0.3) is 6.08 Å². The maximum atomic E-state index is 2.77. The second kappa shape index (κ2) is 7.76. The van der Waals surface area contributed by atoms with Crippen molar-refractivity contribution in [1.82, 2.24) is 4.90 Å². The van der Waals surface area contributed by atoms with Crippen molar-refractivity contribution >= 4 is 14.9 Å². The van der Waals surface area contributed by atoms with E-state index in [-0.39, 0.29) is 5.54 Å². The predicted octanol–water partition coefficient (Wildman–Crippen LogP) is 6.59. The van der Waals surface area contributed by atoms with Gasteiger partial charge in [-0.15, -0.1) is 0 Å². The van der Waals surface area contributed by atoms with Crippen molar-refractivity contribution in [3.8, 4) is 0 Å². The van der Waals surface area contributed by atoms with Crippen molar-refractivity contribution in [1.29, 1.82) is 0 Å². The van der Waals surface area contributed by atoms with Gasteiger partial charge in [-0.3, -0.25) is 0 Å². The van der Waals surface area contributed by atoms with E-state index in [1.54, 1.807) is 5.20 Å². The van der Waals surface area contributed by atoms with Gasteiger partial charge in [0.2, 0.25) is 0 Å². The van der Waals surface area contributed by atoms with E-state index < -0.39 is 8.80 Å². The molecule has 1 nitrogen and oxygen atoms in total. The van der Waals surface area contributed by atoms with Crippen molar-refractivity contribution in [2.75, 3.05) is 0 Å². The molecule has 2 heteroatoms. The molecule has 0 aliphatic carbocycles. The second-order valence-electron chi connectivity index (χ2n) is 9.04. The summed E-state index contributed by atoms with van der Waals surface area (Å²) in [6, 6.07) is 9.61. The first-order valence-electron chi connectivity index (χ1n) is 10.7. The molecule has 1 aromatic carbocycles. The van der Waals surface area contributed by atoms with Crippen molar-refractivity contribution < 1.29 is 0 Å². The summed E-state index contributed by atoms with van der Waals surface area (Å²) in [7, 11) is -0.821. The average Bonchev–Trinajstić information content (AvgIpc) is 2.75. The van der Waals surface area contributed by atoms with E-state index in [1.165, 1.54) is 36.8 Å². The van der Waals surface area contributed by atoms with Crippen LogP contribution >= 0.6 is 0 Å². The van der Waals surface area contributed by atoms with Gasteiger partial charge in [-0.2, -0.15) is 0 Å². The van der Waals surface area contributed by atoms with Crippen LogP contribution in [-0.4, -0.2) is 19.2 Å². The van der Waals surface area contributed by atoms with Crippen LogP contribution in [0.1, 0.15) is 70.5 Å². The summed E-state index contributed by atoms with van der Waals surface area (Å²) in [5, 5.41) is 1.80. The number of benzene rings is 1. The number of hydrogen-bond acceptors (Lipinski definition) is 1. The number of rotatable bonds is 5. The maximum Gasteiger partial charge on any atom is 0.0618 e. The van der Waals surface area contributed by atoms with E-state index in [4.69, 9.17) is 0 Å². The molecule has 0 fully saturated rings. The van der Waals surface area contributed by atoms with Gasteiger partial charge in [0.15, 0.2) is 0 Å². The fourth-order valence-electron chi connectivity index (χ4n) is 5.16. The lowest BCUT2D eigenvalue weighted by Crippen LogP contribution is -2.48. The number of nitrogens with zero attached hydrogens (tertiary/aromatic N) is 1. The first-order valence-corrected chi connectivity index (χ1v) is 13.6. The highest BCUT2D eigenvalue weighted by Gasteiger charge is 2.41. The van der Waals surface area contributed by atoms with Gasteiger partial charge in [0, 0.05) is 0 Å². The van der Waals surface area contributed by atoms with Crippen LogP contribution in [0.15, 0.2) is 41.7 Å². The fourth-order valence-corrected chi connectivity index (χ4v) is 6.83. The fraction of sp³-hybridized carbons (Fsp3) is 0.583. The minimum Gasteiger partial charge on any atom is -0.362 e. The zero-order valence-corrected chi connectivity index (χ0v) is 18.8. The van der Waals surface area contributed by atoms with Gasteiger partial charge in [0.25, 0.3) is 0 Å². The smallest absolute Gasteiger partial charge is 0.0618 e. The van der Waals surface area contributed by atoms with Crippen LogP contribution in [0.2, 0.25) is 13.1 Å². The molecule has 0 saturated heterocycles. The monoisotopic (exact) mass is 367 g/mol. The SMILES string of the molecule is CCC1(CC)C=Cc2ccccc2C2CC(CC(C)C)C([SiH](C)C)=CN21. The van der Waals surface area contributed by atoms with Crippen LogP contribution in [-0.2, 0) is 0 Å². The van der Waals surface area contributed by atoms with Crippen molar-refractivity contribution in [2.45, 2.75) is 78.1 Å². The topological polar surface area (TPSA) is 3.24 Å². The Morgan fingerprint density at radius 3 is 2.46 bits per heavy atom. The Morgan fingerprint density at radius 2 is 1.85 bits per heavy atom. The molecule has 0 aromatic heterocycles. The van der Waals surface area contributed by atoms with Gasteiger partial charge < -0.3 is 4.90 Å². The molecule has 0 amide bonds. The van der Waals surface area contributed by atoms with Crippen LogP contribution in [0.3, 0.4) is 0 Å². The van der Waals surface area contributed by atoms with Gasteiger partial charge in [-0.25, -0.2) is 0 Å². The Hall–Kier alpha value is -1.28. The summed E-state index contributed by atoms with van der Waals surface area (Å²) in [6.07, 6.45) is 12.5. The summed E-state index contributed by atoms with van der Waals surface area (Å²) < 4.78 is 0. The third kappa shape index (κ3) is 3.45. The minimum atomic E-state index is -0.821. The van der Waals surface area contributed by atoms with Crippen LogP contribution in [0.4, 0.5) is 0 Å². The van der Waals surface area contributed by atoms with E-state index in [1.807, 2.05) is 0 Å². The quantitative estimate of drug-likeness (QED) is 0.530. The first-order chi connectivity index (χ1) is 12.4. The first kappa shape index (κ1) is 19.5. The maximum absolute atomic E-state index is 2.77. The van der Waals surface area contributed by atoms with Gasteiger partial charge in [0.05, 0.1) is 20.4 Å². The summed E-state index contributed by atoms with van der Waals surface area (Å²) in [5.41, 5.74) is 3.11. The molecule has 0 saturated carbocycles. The second-order valence-corrected chi connectivity index (χ2v) is 12.0. The molecule has 0 radical (unpaired) electrons. The lowest BCUT2D eigenvalue weighted by Gasteiger charge is -2.50. The van der Waals surface area contributed by atoms with Crippen molar-refractivity contribution in [2.24, 2.45) is 11.8 Å². The molecule has 2 heterocycles. The normalized spacial score (nSPS) is 24.3. The Morgan fingerprint density at radius 1 is 1.15 bits per heavy atom. The van der Waals surface area contributed by atoms with Gasteiger partial charge in [-0.05, 0) is 54.8 Å². The molecule has 0 bridgehead atoms. The summed E-state index contributed by atoms with van der Waals surface area (Å²) in [5.74, 6) is 1.53. The molecule has 1 aromatic rings. The van der Waals surface area contributed by atoms with Crippen LogP contribution in [0, 0.1) is 11.8 Å². The standard InChI is InChI=1S/C24H37NSi/c1-7-24(8-2)14-13-19-11-9-10-12-21(19)22-16-20(15-18(3)4)23(26(5)6)17-25(22)24/h9-14,17-18,20,22,26H,7-8,15-16H2,1-6H3. The molecular weight excluding hydrogens is 330 g/mol. The molecule has 0 spiro atoms. The molecule has 2 aliphatic rings. The van der Waals surface area contributed by atoms with Crippen molar-refractivity contribution in [3.63, 3.8) is 0 Å². The Bertz CT molecular complexity index is 681.